The SMILES string of the molecule is CO[C@@H]1[C@H](OC(=O)CCC(=O)O)[C@@H]([C@@H](C)CP(C)(C)=O)O[C@H]1n1cc(C)c(=O)[nH]c1=O. The minimum atomic E-state index is -2.46. The average Bonchev–Trinajstić information content (AvgIpc) is 2.99. The van der Waals surface area contributed by atoms with Crippen LogP contribution < -0.4 is 11.2 Å². The zero-order valence-corrected chi connectivity index (χ0v) is 19.1. The Morgan fingerprint density at radius 3 is 2.48 bits per heavy atom. The van der Waals surface area contributed by atoms with Crippen LogP contribution in [-0.2, 0) is 28.4 Å². The van der Waals surface area contributed by atoms with Gasteiger partial charge < -0.3 is 23.9 Å². The van der Waals surface area contributed by atoms with Crippen molar-refractivity contribution in [1.82, 2.24) is 9.55 Å². The first-order valence-electron chi connectivity index (χ1n) is 9.79. The number of methoxy groups -OCH3 is 1. The molecule has 1 aromatic rings. The summed E-state index contributed by atoms with van der Waals surface area (Å²) in [5.74, 6) is -2.23. The van der Waals surface area contributed by atoms with Gasteiger partial charge in [-0.2, -0.15) is 0 Å². The number of carboxylic acid groups (broad SMARTS) is 1. The summed E-state index contributed by atoms with van der Waals surface area (Å²) >= 11 is 0. The summed E-state index contributed by atoms with van der Waals surface area (Å²) in [7, 11) is -1.10. The van der Waals surface area contributed by atoms with E-state index in [4.69, 9.17) is 19.3 Å². The molecule has 0 aliphatic carbocycles. The number of aliphatic carboxylic acids is 1. The Kier molecular flexibility index (Phi) is 8.02. The van der Waals surface area contributed by atoms with Gasteiger partial charge in [0.1, 0.15) is 12.2 Å². The number of aromatic nitrogens is 2. The molecule has 1 aromatic heterocycles. The van der Waals surface area contributed by atoms with Gasteiger partial charge in [-0.1, -0.05) is 6.92 Å². The third-order valence-electron chi connectivity index (χ3n) is 5.02. The van der Waals surface area contributed by atoms with E-state index in [0.717, 1.165) is 4.57 Å². The highest BCUT2D eigenvalue weighted by atomic mass is 31.2. The lowest BCUT2D eigenvalue weighted by molar-refractivity contribution is -0.159. The minimum absolute atomic E-state index is 0.274. The predicted octanol–water partition coefficient (Wildman–Crippen LogP) is 0.793. The first-order valence-corrected chi connectivity index (χ1v) is 12.6. The zero-order chi connectivity index (χ0) is 23.5. The van der Waals surface area contributed by atoms with Gasteiger partial charge >= 0.3 is 17.6 Å². The second kappa shape index (κ2) is 9.93. The van der Waals surface area contributed by atoms with Crippen LogP contribution in [0.2, 0.25) is 0 Å². The first kappa shape index (κ1) is 25.0. The molecule has 0 aromatic carbocycles. The standard InChI is InChI=1S/C19H29N2O9P/c1-10-8-21(19(26)20-17(10)25)18-16(28-3)15(29-13(24)7-6-12(22)23)14(30-18)11(2)9-31(4,5)27/h8,11,14-16,18H,6-7,9H2,1-5H3,(H,22,23)(H,20,25,26)/t11-,14+,15+,16+,18+/m0/s1. The quantitative estimate of drug-likeness (QED) is 0.402. The maximum Gasteiger partial charge on any atom is 0.330 e. The van der Waals surface area contributed by atoms with Crippen molar-refractivity contribution in [2.45, 2.75) is 51.2 Å². The van der Waals surface area contributed by atoms with Gasteiger partial charge in [-0.15, -0.1) is 0 Å². The van der Waals surface area contributed by atoms with Crippen LogP contribution in [0, 0.1) is 12.8 Å². The summed E-state index contributed by atoms with van der Waals surface area (Å²) in [5, 5.41) is 8.80. The van der Waals surface area contributed by atoms with Crippen LogP contribution in [0.3, 0.4) is 0 Å². The molecule has 0 bridgehead atoms. The molecule has 1 aliphatic heterocycles. The molecule has 0 amide bonds. The number of ether oxygens (including phenoxy) is 3. The third kappa shape index (κ3) is 6.38. The number of carbonyl (C=O) groups excluding carboxylic acids is 1. The van der Waals surface area contributed by atoms with Gasteiger partial charge in [0.15, 0.2) is 12.3 Å². The van der Waals surface area contributed by atoms with Crippen molar-refractivity contribution in [2.24, 2.45) is 5.92 Å². The number of hydrogen-bond acceptors (Lipinski definition) is 8. The molecule has 174 valence electrons. The number of nitrogens with zero attached hydrogens (tertiary/aromatic N) is 1. The number of nitrogens with one attached hydrogen (secondary N) is 1. The molecule has 2 heterocycles. The molecule has 0 spiro atoms. The summed E-state index contributed by atoms with van der Waals surface area (Å²) in [5.41, 5.74) is -0.979. The maximum absolute atomic E-state index is 12.4. The molecule has 0 saturated carbocycles. The Hall–Kier alpha value is -2.23. The van der Waals surface area contributed by atoms with Crippen molar-refractivity contribution in [3.63, 3.8) is 0 Å². The monoisotopic (exact) mass is 460 g/mol. The summed E-state index contributed by atoms with van der Waals surface area (Å²) in [6, 6.07) is 0. The molecule has 2 rings (SSSR count). The van der Waals surface area contributed by atoms with E-state index >= 15 is 0 Å². The fraction of sp³-hybridized carbons (Fsp3) is 0.684. The zero-order valence-electron chi connectivity index (χ0n) is 18.2. The Morgan fingerprint density at radius 1 is 1.29 bits per heavy atom. The van der Waals surface area contributed by atoms with Gasteiger partial charge in [0, 0.05) is 25.0 Å². The summed E-state index contributed by atoms with van der Waals surface area (Å²) < 4.78 is 30.7. The van der Waals surface area contributed by atoms with Crippen LogP contribution in [-0.4, -0.2) is 71.5 Å². The minimum Gasteiger partial charge on any atom is -0.481 e. The van der Waals surface area contributed by atoms with E-state index in [0.29, 0.717) is 6.16 Å². The van der Waals surface area contributed by atoms with Gasteiger partial charge in [-0.3, -0.25) is 23.9 Å². The number of aromatic amines is 1. The second-order valence-corrected chi connectivity index (χ2v) is 11.8. The van der Waals surface area contributed by atoms with Crippen LogP contribution in [0.5, 0.6) is 0 Å². The molecule has 2 N–H and O–H groups in total. The highest BCUT2D eigenvalue weighted by Crippen LogP contribution is 2.43. The van der Waals surface area contributed by atoms with Crippen molar-refractivity contribution in [1.29, 1.82) is 0 Å². The van der Waals surface area contributed by atoms with Gasteiger partial charge in [-0.05, 0) is 26.2 Å². The maximum atomic E-state index is 12.4. The Bertz CT molecular complexity index is 979. The molecule has 12 heteroatoms. The molecular formula is C19H29N2O9P. The lowest BCUT2D eigenvalue weighted by atomic mass is 9.99. The predicted molar refractivity (Wildman–Crippen MR) is 111 cm³/mol. The molecule has 1 fully saturated rings. The second-order valence-electron chi connectivity index (χ2n) is 8.25. The van der Waals surface area contributed by atoms with Crippen molar-refractivity contribution in [2.75, 3.05) is 26.6 Å². The van der Waals surface area contributed by atoms with Gasteiger partial charge in [0.25, 0.3) is 5.56 Å². The van der Waals surface area contributed by atoms with Gasteiger partial charge in [0.2, 0.25) is 0 Å². The number of carbonyl (C=O) groups is 2. The molecule has 0 unspecified atom stereocenters. The molecule has 0 radical (unpaired) electrons. The summed E-state index contributed by atoms with van der Waals surface area (Å²) in [6.45, 7) is 6.58. The molecular weight excluding hydrogens is 431 g/mol. The van der Waals surface area contributed by atoms with E-state index in [2.05, 4.69) is 4.98 Å². The number of hydrogen-bond donors (Lipinski definition) is 2. The number of aryl methyl sites for hydroxylation is 1. The highest BCUT2D eigenvalue weighted by Gasteiger charge is 2.51. The van der Waals surface area contributed by atoms with Crippen LogP contribution in [0.4, 0.5) is 0 Å². The topological polar surface area (TPSA) is 154 Å². The molecule has 5 atom stereocenters. The summed E-state index contributed by atoms with van der Waals surface area (Å²) in [6.07, 6.45) is -2.80. The van der Waals surface area contributed by atoms with E-state index in [1.807, 2.05) is 0 Å². The number of carboxylic acids is 1. The first-order chi connectivity index (χ1) is 14.3. The number of rotatable bonds is 9. The molecule has 1 aliphatic rings. The Morgan fingerprint density at radius 2 is 1.94 bits per heavy atom. The van der Waals surface area contributed by atoms with E-state index < -0.39 is 61.3 Å². The Balaban J connectivity index is 2.41. The van der Waals surface area contributed by atoms with Gasteiger partial charge in [-0.25, -0.2) is 4.79 Å². The number of esters is 1. The van der Waals surface area contributed by atoms with Gasteiger partial charge in [0.05, 0.1) is 20.0 Å². The van der Waals surface area contributed by atoms with Crippen molar-refractivity contribution in [3.05, 3.63) is 32.6 Å². The van der Waals surface area contributed by atoms with Crippen LogP contribution in [0.1, 0.15) is 31.6 Å². The lowest BCUT2D eigenvalue weighted by Gasteiger charge is -2.27. The normalized spacial score (nSPS) is 24.7. The lowest BCUT2D eigenvalue weighted by Crippen LogP contribution is -2.42. The average molecular weight is 460 g/mol. The van der Waals surface area contributed by atoms with Crippen molar-refractivity contribution >= 4 is 19.1 Å². The highest BCUT2D eigenvalue weighted by molar-refractivity contribution is 7.62. The largest absolute Gasteiger partial charge is 0.481 e. The van der Waals surface area contributed by atoms with Crippen LogP contribution in [0.25, 0.3) is 0 Å². The van der Waals surface area contributed by atoms with E-state index in [-0.39, 0.29) is 17.9 Å². The number of H-pyrrole nitrogens is 1. The molecule has 11 nitrogen and oxygen atoms in total. The fourth-order valence-electron chi connectivity index (χ4n) is 3.72. The Labute approximate surface area is 179 Å². The summed E-state index contributed by atoms with van der Waals surface area (Å²) in [4.78, 5) is 49.4. The third-order valence-corrected chi connectivity index (χ3v) is 6.47. The van der Waals surface area contributed by atoms with E-state index in [1.54, 1.807) is 20.3 Å². The van der Waals surface area contributed by atoms with E-state index in [1.165, 1.54) is 20.2 Å². The van der Waals surface area contributed by atoms with Crippen molar-refractivity contribution < 1.29 is 33.5 Å². The van der Waals surface area contributed by atoms with E-state index in [9.17, 15) is 23.7 Å². The fourth-order valence-corrected chi connectivity index (χ4v) is 5.32. The molecule has 31 heavy (non-hydrogen) atoms. The van der Waals surface area contributed by atoms with Crippen LogP contribution >= 0.6 is 7.14 Å². The molecule has 1 saturated heterocycles. The van der Waals surface area contributed by atoms with Crippen LogP contribution in [0.15, 0.2) is 15.8 Å². The smallest absolute Gasteiger partial charge is 0.330 e. The van der Waals surface area contributed by atoms with Crippen molar-refractivity contribution in [3.8, 4) is 0 Å².